The lowest BCUT2D eigenvalue weighted by Gasteiger charge is -2.29. The number of rotatable bonds is 7. The minimum atomic E-state index is -2.83. The highest BCUT2D eigenvalue weighted by Gasteiger charge is 2.26. The first kappa shape index (κ1) is 13.8. The maximum Gasteiger partial charge on any atom is 0.279 e. The van der Waals surface area contributed by atoms with Crippen LogP contribution in [0, 0.1) is 0 Å². The Morgan fingerprint density at radius 1 is 1.29 bits per heavy atom. The molecule has 0 aromatic rings. The van der Waals surface area contributed by atoms with E-state index in [2.05, 4.69) is 0 Å². The second kappa shape index (κ2) is 6.28. The van der Waals surface area contributed by atoms with Crippen LogP contribution in [0.5, 0.6) is 0 Å². The van der Waals surface area contributed by atoms with Crippen molar-refractivity contribution in [1.82, 2.24) is 4.90 Å². The summed E-state index contributed by atoms with van der Waals surface area (Å²) >= 11 is 0. The zero-order chi connectivity index (χ0) is 11.2. The number of hydrogen-bond donors (Lipinski definition) is 5. The van der Waals surface area contributed by atoms with Gasteiger partial charge in [-0.3, -0.25) is 4.90 Å². The average molecular weight is 208 g/mol. The van der Waals surface area contributed by atoms with Gasteiger partial charge in [-0.1, -0.05) is 6.92 Å². The summed E-state index contributed by atoms with van der Waals surface area (Å²) in [6.45, 7) is 3.34. The van der Waals surface area contributed by atoms with Crippen LogP contribution in [0.15, 0.2) is 0 Å². The Balaban J connectivity index is 4.06. The van der Waals surface area contributed by atoms with Crippen LogP contribution < -0.4 is 5.73 Å². The molecule has 0 aliphatic carbocycles. The Morgan fingerprint density at radius 3 is 2.21 bits per heavy atom. The molecule has 0 aliphatic rings. The standard InChI is InChI=1S/C8H20N2O4/c1-2-4-10(5-3-9)7(11)6-8(12,13)14/h7,11-14H,2-6,9H2,1H3. The summed E-state index contributed by atoms with van der Waals surface area (Å²) in [6, 6.07) is 0. The normalized spacial score (nSPS) is 14.8. The van der Waals surface area contributed by atoms with E-state index in [1.165, 1.54) is 0 Å². The molecule has 0 amide bonds. The summed E-state index contributed by atoms with van der Waals surface area (Å²) in [5.41, 5.74) is 5.32. The first-order valence-electron chi connectivity index (χ1n) is 4.70. The number of nitrogens with zero attached hydrogens (tertiary/aromatic N) is 1. The van der Waals surface area contributed by atoms with Gasteiger partial charge < -0.3 is 26.2 Å². The predicted octanol–water partition coefficient (Wildman–Crippen LogP) is -2.00. The minimum Gasteiger partial charge on any atom is -0.378 e. The first-order valence-corrected chi connectivity index (χ1v) is 4.70. The second-order valence-corrected chi connectivity index (χ2v) is 3.28. The van der Waals surface area contributed by atoms with Crippen LogP contribution >= 0.6 is 0 Å². The van der Waals surface area contributed by atoms with Crippen molar-refractivity contribution < 1.29 is 20.4 Å². The molecule has 14 heavy (non-hydrogen) atoms. The Bertz CT molecular complexity index is 143. The predicted molar refractivity (Wildman–Crippen MR) is 50.9 cm³/mol. The van der Waals surface area contributed by atoms with E-state index in [1.807, 2.05) is 6.92 Å². The van der Waals surface area contributed by atoms with Gasteiger partial charge in [0, 0.05) is 19.6 Å². The zero-order valence-corrected chi connectivity index (χ0v) is 8.43. The molecule has 0 saturated carbocycles. The molecule has 0 heterocycles. The van der Waals surface area contributed by atoms with Crippen molar-refractivity contribution in [1.29, 1.82) is 0 Å². The molecule has 0 spiro atoms. The van der Waals surface area contributed by atoms with E-state index in [0.29, 0.717) is 19.6 Å². The molecular formula is C8H20N2O4. The largest absolute Gasteiger partial charge is 0.378 e. The highest BCUT2D eigenvalue weighted by molar-refractivity contribution is 4.65. The zero-order valence-electron chi connectivity index (χ0n) is 8.43. The number of nitrogens with two attached hydrogens (primary N) is 1. The topological polar surface area (TPSA) is 110 Å². The lowest BCUT2D eigenvalue weighted by Crippen LogP contribution is -2.44. The summed E-state index contributed by atoms with van der Waals surface area (Å²) in [5.74, 6) is -2.83. The molecule has 0 aromatic heterocycles. The lowest BCUT2D eigenvalue weighted by molar-refractivity contribution is -0.328. The first-order chi connectivity index (χ1) is 6.40. The monoisotopic (exact) mass is 208 g/mol. The molecule has 0 fully saturated rings. The van der Waals surface area contributed by atoms with Crippen molar-refractivity contribution in [3.05, 3.63) is 0 Å². The molecular weight excluding hydrogens is 188 g/mol. The fraction of sp³-hybridized carbons (Fsp3) is 1.00. The number of aliphatic hydroxyl groups is 4. The van der Waals surface area contributed by atoms with Crippen molar-refractivity contribution in [3.63, 3.8) is 0 Å². The van der Waals surface area contributed by atoms with Crippen LogP contribution in [0.1, 0.15) is 19.8 Å². The van der Waals surface area contributed by atoms with E-state index < -0.39 is 18.6 Å². The van der Waals surface area contributed by atoms with Crippen LogP contribution in [-0.4, -0.2) is 57.2 Å². The Labute approximate surface area is 83.6 Å². The van der Waals surface area contributed by atoms with Crippen LogP contribution in [0.2, 0.25) is 0 Å². The van der Waals surface area contributed by atoms with E-state index in [4.69, 9.17) is 21.1 Å². The Morgan fingerprint density at radius 2 is 1.86 bits per heavy atom. The summed E-state index contributed by atoms with van der Waals surface area (Å²) in [4.78, 5) is 1.58. The maximum absolute atomic E-state index is 9.50. The molecule has 86 valence electrons. The van der Waals surface area contributed by atoms with E-state index in [0.717, 1.165) is 6.42 Å². The van der Waals surface area contributed by atoms with Gasteiger partial charge in [0.1, 0.15) is 6.23 Å². The van der Waals surface area contributed by atoms with E-state index in [-0.39, 0.29) is 0 Å². The second-order valence-electron chi connectivity index (χ2n) is 3.28. The van der Waals surface area contributed by atoms with Gasteiger partial charge in [0.25, 0.3) is 5.97 Å². The lowest BCUT2D eigenvalue weighted by atomic mass is 10.2. The fourth-order valence-electron chi connectivity index (χ4n) is 1.24. The van der Waals surface area contributed by atoms with Crippen molar-refractivity contribution in [2.45, 2.75) is 32.0 Å². The minimum absolute atomic E-state index is 0.367. The molecule has 0 radical (unpaired) electrons. The van der Waals surface area contributed by atoms with Crippen LogP contribution in [0.3, 0.4) is 0 Å². The van der Waals surface area contributed by atoms with Gasteiger partial charge in [-0.2, -0.15) is 0 Å². The van der Waals surface area contributed by atoms with E-state index in [1.54, 1.807) is 4.90 Å². The Kier molecular flexibility index (Phi) is 6.17. The molecule has 1 unspecified atom stereocenters. The molecule has 6 N–H and O–H groups in total. The smallest absolute Gasteiger partial charge is 0.279 e. The quantitative estimate of drug-likeness (QED) is 0.309. The van der Waals surface area contributed by atoms with Crippen molar-refractivity contribution >= 4 is 0 Å². The molecule has 0 saturated heterocycles. The molecule has 0 aromatic carbocycles. The molecule has 0 rings (SSSR count). The number of hydrogen-bond acceptors (Lipinski definition) is 6. The number of aliphatic hydroxyl groups excluding tert-OH is 1. The molecule has 0 bridgehead atoms. The highest BCUT2D eigenvalue weighted by Crippen LogP contribution is 2.09. The van der Waals surface area contributed by atoms with Crippen LogP contribution in [-0.2, 0) is 0 Å². The average Bonchev–Trinajstić information content (AvgIpc) is 2.01. The molecule has 0 aliphatic heterocycles. The summed E-state index contributed by atoms with van der Waals surface area (Å²) in [6.07, 6.45) is -0.821. The van der Waals surface area contributed by atoms with Crippen molar-refractivity contribution in [3.8, 4) is 0 Å². The van der Waals surface area contributed by atoms with Gasteiger partial charge in [-0.25, -0.2) is 0 Å². The van der Waals surface area contributed by atoms with Crippen molar-refractivity contribution in [2.24, 2.45) is 5.73 Å². The van der Waals surface area contributed by atoms with E-state index in [9.17, 15) is 5.11 Å². The summed E-state index contributed by atoms with van der Waals surface area (Å²) < 4.78 is 0. The Hall–Kier alpha value is -0.240. The highest BCUT2D eigenvalue weighted by atomic mass is 16.7. The molecule has 1 atom stereocenters. The maximum atomic E-state index is 9.50. The van der Waals surface area contributed by atoms with Crippen molar-refractivity contribution in [2.75, 3.05) is 19.6 Å². The van der Waals surface area contributed by atoms with Gasteiger partial charge in [0.05, 0.1) is 6.42 Å². The van der Waals surface area contributed by atoms with E-state index >= 15 is 0 Å². The van der Waals surface area contributed by atoms with Gasteiger partial charge in [0.2, 0.25) is 0 Å². The van der Waals surface area contributed by atoms with Gasteiger partial charge in [-0.15, -0.1) is 0 Å². The third-order valence-electron chi connectivity index (χ3n) is 1.81. The van der Waals surface area contributed by atoms with Gasteiger partial charge >= 0.3 is 0 Å². The molecule has 6 nitrogen and oxygen atoms in total. The van der Waals surface area contributed by atoms with Crippen LogP contribution in [0.25, 0.3) is 0 Å². The summed E-state index contributed by atoms with van der Waals surface area (Å²) in [7, 11) is 0. The third kappa shape index (κ3) is 6.25. The fourth-order valence-corrected chi connectivity index (χ4v) is 1.24. The summed E-state index contributed by atoms with van der Waals surface area (Å²) in [5, 5.41) is 35.5. The third-order valence-corrected chi connectivity index (χ3v) is 1.81. The molecule has 6 heteroatoms. The van der Waals surface area contributed by atoms with Crippen LogP contribution in [0.4, 0.5) is 0 Å². The van der Waals surface area contributed by atoms with Gasteiger partial charge in [0.15, 0.2) is 0 Å². The SMILES string of the molecule is CCCN(CCN)C(O)CC(O)(O)O. The van der Waals surface area contributed by atoms with Gasteiger partial charge in [-0.05, 0) is 6.42 Å².